The summed E-state index contributed by atoms with van der Waals surface area (Å²) in [6, 6.07) is 17.2. The normalized spacial score (nSPS) is 9.86. The van der Waals surface area contributed by atoms with Gasteiger partial charge in [-0.05, 0) is 55.0 Å². The van der Waals surface area contributed by atoms with Gasteiger partial charge >= 0.3 is 0 Å². The van der Waals surface area contributed by atoms with E-state index in [0.29, 0.717) is 11.5 Å². The molecule has 2 aromatic rings. The molecule has 22 heavy (non-hydrogen) atoms. The predicted molar refractivity (Wildman–Crippen MR) is 96.3 cm³/mol. The highest BCUT2D eigenvalue weighted by molar-refractivity contribution is 7.80. The molecule has 0 bridgehead atoms. The van der Waals surface area contributed by atoms with Crippen molar-refractivity contribution in [2.24, 2.45) is 0 Å². The van der Waals surface area contributed by atoms with E-state index in [1.54, 1.807) is 0 Å². The van der Waals surface area contributed by atoms with Gasteiger partial charge in [0.2, 0.25) is 5.91 Å². The van der Waals surface area contributed by atoms with Gasteiger partial charge in [-0.3, -0.25) is 4.79 Å². The number of benzene rings is 2. The van der Waals surface area contributed by atoms with E-state index in [2.05, 4.69) is 16.0 Å². The molecule has 0 spiro atoms. The number of nitrogens with one attached hydrogen (secondary N) is 3. The van der Waals surface area contributed by atoms with Crippen molar-refractivity contribution in [3.8, 4) is 0 Å². The summed E-state index contributed by atoms with van der Waals surface area (Å²) in [6.45, 7) is 1.98. The third kappa shape index (κ3) is 5.18. The first-order valence-electron chi connectivity index (χ1n) is 7.20. The van der Waals surface area contributed by atoms with E-state index in [1.807, 2.05) is 61.5 Å². The molecule has 0 aliphatic carbocycles. The molecule has 0 aliphatic rings. The number of amides is 1. The van der Waals surface area contributed by atoms with Crippen LogP contribution in [0.5, 0.6) is 0 Å². The Morgan fingerprint density at radius 3 is 1.91 bits per heavy atom. The van der Waals surface area contributed by atoms with Crippen LogP contribution in [0.3, 0.4) is 0 Å². The first-order valence-corrected chi connectivity index (χ1v) is 7.61. The highest BCUT2D eigenvalue weighted by Gasteiger charge is 2.02. The summed E-state index contributed by atoms with van der Waals surface area (Å²) in [5.74, 6) is 0.0319. The fourth-order valence-electron chi connectivity index (χ4n) is 1.90. The Kier molecular flexibility index (Phi) is 5.91. The lowest BCUT2D eigenvalue weighted by Gasteiger charge is -2.11. The molecule has 4 nitrogen and oxygen atoms in total. The van der Waals surface area contributed by atoms with Gasteiger partial charge < -0.3 is 16.0 Å². The smallest absolute Gasteiger partial charge is 0.224 e. The van der Waals surface area contributed by atoms with Gasteiger partial charge in [-0.2, -0.15) is 0 Å². The minimum Gasteiger partial charge on any atom is -0.332 e. The van der Waals surface area contributed by atoms with Crippen molar-refractivity contribution < 1.29 is 4.79 Å². The molecule has 5 heteroatoms. The first-order chi connectivity index (χ1) is 10.7. The van der Waals surface area contributed by atoms with E-state index in [1.165, 1.54) is 0 Å². The van der Waals surface area contributed by atoms with E-state index in [0.717, 1.165) is 23.5 Å². The summed E-state index contributed by atoms with van der Waals surface area (Å²) in [4.78, 5) is 11.5. The Morgan fingerprint density at radius 2 is 1.36 bits per heavy atom. The molecule has 2 aromatic carbocycles. The zero-order valence-corrected chi connectivity index (χ0v) is 13.2. The number of hydrogen-bond acceptors (Lipinski definition) is 2. The zero-order chi connectivity index (χ0) is 15.8. The van der Waals surface area contributed by atoms with Crippen LogP contribution < -0.4 is 16.0 Å². The molecule has 0 atom stereocenters. The van der Waals surface area contributed by atoms with E-state index >= 15 is 0 Å². The van der Waals surface area contributed by atoms with Crippen LogP contribution in [0.1, 0.15) is 19.8 Å². The quantitative estimate of drug-likeness (QED) is 0.723. The number of thiocarbonyl (C=S) groups is 1. The summed E-state index contributed by atoms with van der Waals surface area (Å²) < 4.78 is 0. The van der Waals surface area contributed by atoms with Gasteiger partial charge in [-0.25, -0.2) is 0 Å². The predicted octanol–water partition coefficient (Wildman–Crippen LogP) is 4.23. The Labute approximate surface area is 135 Å². The minimum absolute atomic E-state index is 0.0319. The molecule has 0 radical (unpaired) electrons. The SMILES string of the molecule is CCCC(=O)Nc1ccc(NC(=S)Nc2ccccc2)cc1. The average Bonchev–Trinajstić information content (AvgIpc) is 2.50. The van der Waals surface area contributed by atoms with Crippen LogP contribution in [0.2, 0.25) is 0 Å². The maximum atomic E-state index is 11.5. The van der Waals surface area contributed by atoms with Gasteiger partial charge in [0.15, 0.2) is 5.11 Å². The number of para-hydroxylation sites is 1. The summed E-state index contributed by atoms with van der Waals surface area (Å²) in [5, 5.41) is 9.58. The topological polar surface area (TPSA) is 53.2 Å². The lowest BCUT2D eigenvalue weighted by molar-refractivity contribution is -0.116. The number of rotatable bonds is 5. The number of carbonyl (C=O) groups is 1. The molecule has 0 saturated carbocycles. The largest absolute Gasteiger partial charge is 0.332 e. The Balaban J connectivity index is 1.88. The highest BCUT2D eigenvalue weighted by atomic mass is 32.1. The first kappa shape index (κ1) is 16.0. The highest BCUT2D eigenvalue weighted by Crippen LogP contribution is 2.15. The molecule has 2 rings (SSSR count). The lowest BCUT2D eigenvalue weighted by atomic mass is 10.2. The van der Waals surface area contributed by atoms with E-state index in [9.17, 15) is 4.79 Å². The average molecular weight is 313 g/mol. The zero-order valence-electron chi connectivity index (χ0n) is 12.4. The van der Waals surface area contributed by atoms with E-state index < -0.39 is 0 Å². The van der Waals surface area contributed by atoms with Crippen LogP contribution in [-0.2, 0) is 4.79 Å². The van der Waals surface area contributed by atoms with Crippen molar-refractivity contribution >= 4 is 40.3 Å². The molecule has 0 fully saturated rings. The van der Waals surface area contributed by atoms with E-state index in [4.69, 9.17) is 12.2 Å². The summed E-state index contributed by atoms with van der Waals surface area (Å²) in [5.41, 5.74) is 2.58. The fourth-order valence-corrected chi connectivity index (χ4v) is 2.14. The van der Waals surface area contributed by atoms with Crippen LogP contribution in [0, 0.1) is 0 Å². The van der Waals surface area contributed by atoms with Crippen LogP contribution in [0.15, 0.2) is 54.6 Å². The number of anilines is 3. The molecule has 1 amide bonds. The van der Waals surface area contributed by atoms with Gasteiger partial charge in [0.25, 0.3) is 0 Å². The molecule has 3 N–H and O–H groups in total. The fraction of sp³-hybridized carbons (Fsp3) is 0.176. The van der Waals surface area contributed by atoms with Crippen LogP contribution in [-0.4, -0.2) is 11.0 Å². The van der Waals surface area contributed by atoms with Crippen molar-refractivity contribution in [1.82, 2.24) is 0 Å². The van der Waals surface area contributed by atoms with Crippen molar-refractivity contribution in [2.45, 2.75) is 19.8 Å². The van der Waals surface area contributed by atoms with Crippen LogP contribution in [0.4, 0.5) is 17.1 Å². The maximum Gasteiger partial charge on any atom is 0.224 e. The van der Waals surface area contributed by atoms with Crippen molar-refractivity contribution in [3.63, 3.8) is 0 Å². The molecule has 0 aromatic heterocycles. The van der Waals surface area contributed by atoms with Gasteiger partial charge in [-0.1, -0.05) is 25.1 Å². The monoisotopic (exact) mass is 313 g/mol. The second-order valence-electron chi connectivity index (χ2n) is 4.82. The summed E-state index contributed by atoms with van der Waals surface area (Å²) >= 11 is 5.26. The van der Waals surface area contributed by atoms with Crippen LogP contribution >= 0.6 is 12.2 Å². The molecule has 0 unspecified atom stereocenters. The molecular weight excluding hydrogens is 294 g/mol. The van der Waals surface area contributed by atoms with Gasteiger partial charge in [-0.15, -0.1) is 0 Å². The van der Waals surface area contributed by atoms with Gasteiger partial charge in [0.05, 0.1) is 0 Å². The standard InChI is InChI=1S/C17H19N3OS/c1-2-6-16(21)18-14-9-11-15(12-10-14)20-17(22)19-13-7-4-3-5-8-13/h3-5,7-12H,2,6H2,1H3,(H,18,21)(H2,19,20,22). The molecule has 114 valence electrons. The van der Waals surface area contributed by atoms with E-state index in [-0.39, 0.29) is 5.91 Å². The Hall–Kier alpha value is -2.40. The van der Waals surface area contributed by atoms with Crippen molar-refractivity contribution in [2.75, 3.05) is 16.0 Å². The third-order valence-electron chi connectivity index (χ3n) is 2.94. The lowest BCUT2D eigenvalue weighted by Crippen LogP contribution is -2.19. The second kappa shape index (κ2) is 8.14. The molecular formula is C17H19N3OS. The van der Waals surface area contributed by atoms with Crippen molar-refractivity contribution in [3.05, 3.63) is 54.6 Å². The molecule has 0 saturated heterocycles. The maximum absolute atomic E-state index is 11.5. The number of hydrogen-bond donors (Lipinski definition) is 3. The minimum atomic E-state index is 0.0319. The Morgan fingerprint density at radius 1 is 0.864 bits per heavy atom. The third-order valence-corrected chi connectivity index (χ3v) is 3.14. The summed E-state index contributed by atoms with van der Waals surface area (Å²) in [7, 11) is 0. The van der Waals surface area contributed by atoms with Crippen molar-refractivity contribution in [1.29, 1.82) is 0 Å². The molecule has 0 aliphatic heterocycles. The number of carbonyl (C=O) groups excluding carboxylic acids is 1. The van der Waals surface area contributed by atoms with Gasteiger partial charge in [0, 0.05) is 23.5 Å². The Bertz CT molecular complexity index is 626. The molecule has 0 heterocycles. The summed E-state index contributed by atoms with van der Waals surface area (Å²) in [6.07, 6.45) is 1.37. The second-order valence-corrected chi connectivity index (χ2v) is 5.23. The van der Waals surface area contributed by atoms with Gasteiger partial charge in [0.1, 0.15) is 0 Å². The van der Waals surface area contributed by atoms with Crippen LogP contribution in [0.25, 0.3) is 0 Å².